The van der Waals surface area contributed by atoms with Crippen molar-refractivity contribution in [2.24, 2.45) is 0 Å². The molecule has 0 aliphatic carbocycles. The molecule has 0 aliphatic rings. The van der Waals surface area contributed by atoms with Crippen molar-refractivity contribution in [1.29, 1.82) is 0 Å². The van der Waals surface area contributed by atoms with Gasteiger partial charge in [-0.05, 0) is 24.3 Å². The summed E-state index contributed by atoms with van der Waals surface area (Å²) in [6.07, 6.45) is 1.57. The van der Waals surface area contributed by atoms with Gasteiger partial charge in [-0.25, -0.2) is 9.78 Å². The summed E-state index contributed by atoms with van der Waals surface area (Å²) in [5.74, 6) is 0.141. The normalized spacial score (nSPS) is 11.1. The number of rotatable bonds is 3. The number of fused-ring (bicyclic) bond motifs is 1. The highest BCUT2D eigenvalue weighted by Crippen LogP contribution is 2.19. The maximum Gasteiger partial charge on any atom is 0.420 e. The van der Waals surface area contributed by atoms with E-state index < -0.39 is 5.76 Å². The van der Waals surface area contributed by atoms with E-state index in [2.05, 4.69) is 4.98 Å². The number of para-hydroxylation sites is 2. The largest absolute Gasteiger partial charge is 0.444 e. The molecule has 0 aliphatic heterocycles. The van der Waals surface area contributed by atoms with Crippen LogP contribution in [-0.4, -0.2) is 9.55 Å². The molecule has 2 aromatic carbocycles. The predicted octanol–water partition coefficient (Wildman–Crippen LogP) is 3.30. The molecule has 0 spiro atoms. The van der Waals surface area contributed by atoms with Crippen molar-refractivity contribution in [3.63, 3.8) is 0 Å². The lowest BCUT2D eigenvalue weighted by Crippen LogP contribution is -2.14. The van der Waals surface area contributed by atoms with Gasteiger partial charge in [0.05, 0.1) is 17.8 Å². The molecule has 0 fully saturated rings. The predicted molar refractivity (Wildman–Crippen MR) is 81.5 cm³/mol. The zero-order chi connectivity index (χ0) is 14.9. The first-order valence-corrected chi connectivity index (χ1v) is 6.89. The van der Waals surface area contributed by atoms with E-state index in [1.807, 2.05) is 48.5 Å². The Hall–Kier alpha value is -3.08. The topological polar surface area (TPSA) is 61.2 Å². The highest BCUT2D eigenvalue weighted by molar-refractivity contribution is 5.72. The molecule has 22 heavy (non-hydrogen) atoms. The van der Waals surface area contributed by atoms with Crippen molar-refractivity contribution in [3.8, 4) is 11.5 Å². The Morgan fingerprint density at radius 3 is 2.64 bits per heavy atom. The summed E-state index contributed by atoms with van der Waals surface area (Å²) < 4.78 is 12.2. The van der Waals surface area contributed by atoms with Gasteiger partial charge < -0.3 is 8.83 Å². The summed E-state index contributed by atoms with van der Waals surface area (Å²) in [7, 11) is 0. The third-order valence-corrected chi connectivity index (χ3v) is 3.47. The molecule has 0 bridgehead atoms. The van der Waals surface area contributed by atoms with Crippen molar-refractivity contribution in [1.82, 2.24) is 9.55 Å². The van der Waals surface area contributed by atoms with E-state index in [4.69, 9.17) is 8.83 Å². The Balaban J connectivity index is 1.71. The standard InChI is InChI=1S/C17H12N2O3/c20-17-19(14-8-4-5-9-15(14)22-17)10-13-11-21-16(18-13)12-6-2-1-3-7-12/h1-9,11H,10H2. The lowest BCUT2D eigenvalue weighted by molar-refractivity contribution is 0.515. The maximum absolute atomic E-state index is 12.0. The second-order valence-electron chi connectivity index (χ2n) is 4.93. The maximum atomic E-state index is 12.0. The van der Waals surface area contributed by atoms with Crippen LogP contribution in [0.15, 0.2) is 74.5 Å². The number of hydrogen-bond acceptors (Lipinski definition) is 4. The molecule has 2 aromatic heterocycles. The van der Waals surface area contributed by atoms with E-state index in [1.165, 1.54) is 0 Å². The van der Waals surface area contributed by atoms with Gasteiger partial charge in [0, 0.05) is 5.56 Å². The lowest BCUT2D eigenvalue weighted by atomic mass is 10.2. The number of aromatic nitrogens is 2. The highest BCUT2D eigenvalue weighted by Gasteiger charge is 2.12. The van der Waals surface area contributed by atoms with E-state index in [0.717, 1.165) is 11.1 Å². The summed E-state index contributed by atoms with van der Waals surface area (Å²) in [5.41, 5.74) is 2.89. The van der Waals surface area contributed by atoms with Crippen molar-refractivity contribution < 1.29 is 8.83 Å². The molecule has 0 saturated carbocycles. The van der Waals surface area contributed by atoms with Crippen molar-refractivity contribution in [2.45, 2.75) is 6.54 Å². The number of oxazole rings is 2. The smallest absolute Gasteiger partial charge is 0.420 e. The van der Waals surface area contributed by atoms with Crippen LogP contribution < -0.4 is 5.76 Å². The first kappa shape index (κ1) is 12.6. The van der Waals surface area contributed by atoms with Gasteiger partial charge in [0.2, 0.25) is 5.89 Å². The molecule has 0 unspecified atom stereocenters. The van der Waals surface area contributed by atoms with E-state index in [9.17, 15) is 4.79 Å². The second kappa shape index (κ2) is 5.04. The number of hydrogen-bond donors (Lipinski definition) is 0. The second-order valence-corrected chi connectivity index (χ2v) is 4.93. The average molecular weight is 292 g/mol. The van der Waals surface area contributed by atoms with Crippen LogP contribution in [0.25, 0.3) is 22.6 Å². The molecule has 0 atom stereocenters. The Morgan fingerprint density at radius 2 is 1.77 bits per heavy atom. The quantitative estimate of drug-likeness (QED) is 0.581. The van der Waals surface area contributed by atoms with Gasteiger partial charge in [0.25, 0.3) is 0 Å². The molecule has 4 rings (SSSR count). The minimum atomic E-state index is -0.398. The van der Waals surface area contributed by atoms with Gasteiger partial charge in [-0.2, -0.15) is 0 Å². The molecule has 0 amide bonds. The molecular weight excluding hydrogens is 280 g/mol. The molecule has 0 saturated heterocycles. The van der Waals surface area contributed by atoms with Crippen molar-refractivity contribution >= 4 is 11.1 Å². The molecule has 4 aromatic rings. The van der Waals surface area contributed by atoms with Crippen LogP contribution in [-0.2, 0) is 6.54 Å². The number of benzene rings is 2. The average Bonchev–Trinajstić information content (AvgIpc) is 3.14. The Bertz CT molecular complexity index is 980. The first-order valence-electron chi connectivity index (χ1n) is 6.89. The van der Waals surface area contributed by atoms with Crippen LogP contribution in [0, 0.1) is 0 Å². The van der Waals surface area contributed by atoms with Crippen LogP contribution in [0.3, 0.4) is 0 Å². The minimum absolute atomic E-state index is 0.312. The zero-order valence-electron chi connectivity index (χ0n) is 11.6. The molecule has 5 nitrogen and oxygen atoms in total. The number of nitrogens with zero attached hydrogens (tertiary/aromatic N) is 2. The Labute approximate surface area is 125 Å². The lowest BCUT2D eigenvalue weighted by Gasteiger charge is -1.97. The van der Waals surface area contributed by atoms with Gasteiger partial charge in [0.1, 0.15) is 6.26 Å². The van der Waals surface area contributed by atoms with E-state index in [0.29, 0.717) is 23.7 Å². The zero-order valence-corrected chi connectivity index (χ0v) is 11.6. The van der Waals surface area contributed by atoms with Gasteiger partial charge in [0.15, 0.2) is 5.58 Å². The van der Waals surface area contributed by atoms with E-state index >= 15 is 0 Å². The molecule has 108 valence electrons. The first-order chi connectivity index (χ1) is 10.8. The molecule has 2 heterocycles. The molecular formula is C17H12N2O3. The van der Waals surface area contributed by atoms with Crippen LogP contribution >= 0.6 is 0 Å². The molecule has 0 radical (unpaired) electrons. The fourth-order valence-corrected chi connectivity index (χ4v) is 2.42. The monoisotopic (exact) mass is 292 g/mol. The van der Waals surface area contributed by atoms with Gasteiger partial charge >= 0.3 is 5.76 Å². The molecule has 5 heteroatoms. The Kier molecular flexibility index (Phi) is 2.89. The van der Waals surface area contributed by atoms with Crippen LogP contribution in [0.4, 0.5) is 0 Å². The summed E-state index contributed by atoms with van der Waals surface area (Å²) >= 11 is 0. The summed E-state index contributed by atoms with van der Waals surface area (Å²) in [5, 5.41) is 0. The summed E-state index contributed by atoms with van der Waals surface area (Å²) in [6, 6.07) is 16.9. The van der Waals surface area contributed by atoms with Gasteiger partial charge in [-0.1, -0.05) is 30.3 Å². The fraction of sp³-hybridized carbons (Fsp3) is 0.0588. The Morgan fingerprint density at radius 1 is 1.00 bits per heavy atom. The third kappa shape index (κ3) is 2.13. The van der Waals surface area contributed by atoms with E-state index in [1.54, 1.807) is 16.9 Å². The van der Waals surface area contributed by atoms with Crippen LogP contribution in [0.5, 0.6) is 0 Å². The highest BCUT2D eigenvalue weighted by atomic mass is 16.4. The SMILES string of the molecule is O=c1oc2ccccc2n1Cc1coc(-c2ccccc2)n1. The fourth-order valence-electron chi connectivity index (χ4n) is 2.42. The van der Waals surface area contributed by atoms with Crippen molar-refractivity contribution in [2.75, 3.05) is 0 Å². The van der Waals surface area contributed by atoms with Gasteiger partial charge in [-0.15, -0.1) is 0 Å². The molecule has 0 N–H and O–H groups in total. The van der Waals surface area contributed by atoms with Crippen LogP contribution in [0.2, 0.25) is 0 Å². The van der Waals surface area contributed by atoms with Gasteiger partial charge in [-0.3, -0.25) is 4.57 Å². The van der Waals surface area contributed by atoms with Crippen LogP contribution in [0.1, 0.15) is 5.69 Å². The minimum Gasteiger partial charge on any atom is -0.444 e. The summed E-state index contributed by atoms with van der Waals surface area (Å²) in [4.78, 5) is 16.4. The third-order valence-electron chi connectivity index (χ3n) is 3.47. The van der Waals surface area contributed by atoms with E-state index in [-0.39, 0.29) is 0 Å². The van der Waals surface area contributed by atoms with Crippen molar-refractivity contribution in [3.05, 3.63) is 77.1 Å². The summed E-state index contributed by atoms with van der Waals surface area (Å²) in [6.45, 7) is 0.312.